The monoisotopic (exact) mass is 970 g/mol. The number of aliphatic hydroxyl groups excluding tert-OH is 1. The van der Waals surface area contributed by atoms with Crippen molar-refractivity contribution in [3.63, 3.8) is 0 Å². The van der Waals surface area contributed by atoms with Crippen LogP contribution in [0, 0.1) is 0 Å². The zero-order valence-corrected chi connectivity index (χ0v) is 45.7. The topological polar surface area (TPSA) is 113 Å². The molecule has 0 saturated carbocycles. The lowest BCUT2D eigenvalue weighted by molar-refractivity contribution is -0.159. The summed E-state index contributed by atoms with van der Waals surface area (Å²) in [6, 6.07) is 0. The van der Waals surface area contributed by atoms with Crippen LogP contribution in [-0.2, 0) is 38.0 Å². The molecule has 0 aliphatic heterocycles. The molecular formula is C58H115NO9. The average molecular weight is 971 g/mol. The van der Waals surface area contributed by atoms with Gasteiger partial charge in [-0.25, -0.2) is 0 Å². The summed E-state index contributed by atoms with van der Waals surface area (Å²) in [6.07, 6.45) is 43.4. The minimum atomic E-state index is -0.341. The zero-order chi connectivity index (χ0) is 49.5. The summed E-state index contributed by atoms with van der Waals surface area (Å²) in [5.41, 5.74) is 0. The summed E-state index contributed by atoms with van der Waals surface area (Å²) in [6.45, 7) is 15.8. The number of rotatable bonds is 58. The molecule has 68 heavy (non-hydrogen) atoms. The highest BCUT2D eigenvalue weighted by Gasteiger charge is 2.15. The van der Waals surface area contributed by atoms with E-state index in [9.17, 15) is 14.7 Å². The highest BCUT2D eigenvalue weighted by molar-refractivity contribution is 5.69. The van der Waals surface area contributed by atoms with Gasteiger partial charge in [-0.05, 0) is 96.7 Å². The lowest BCUT2D eigenvalue weighted by Gasteiger charge is -2.22. The van der Waals surface area contributed by atoms with Gasteiger partial charge in [0.15, 0.2) is 12.6 Å². The van der Waals surface area contributed by atoms with Crippen LogP contribution in [0.2, 0.25) is 0 Å². The Hall–Kier alpha value is -1.30. The van der Waals surface area contributed by atoms with E-state index in [1.165, 1.54) is 154 Å². The molecule has 0 fully saturated rings. The van der Waals surface area contributed by atoms with Crippen LogP contribution in [0.1, 0.15) is 285 Å². The largest absolute Gasteiger partial charge is 0.466 e. The van der Waals surface area contributed by atoms with Crippen molar-refractivity contribution in [3.8, 4) is 0 Å². The molecule has 1 N–H and O–H groups in total. The SMILES string of the molecule is CCCCCCCCCOC(CCC(=O)OCCCCCN(CCCCO)CCCCCOC(=O)CCC(OCCCCCCCCC)OCCCCCCCCC)OCCCCCCCCC. The van der Waals surface area contributed by atoms with Gasteiger partial charge in [-0.15, -0.1) is 0 Å². The Morgan fingerprint density at radius 2 is 0.588 bits per heavy atom. The first kappa shape index (κ1) is 66.7. The fourth-order valence-corrected chi connectivity index (χ4v) is 8.52. The molecule has 0 aliphatic rings. The number of ether oxygens (including phenoxy) is 6. The van der Waals surface area contributed by atoms with Crippen molar-refractivity contribution < 1.29 is 43.1 Å². The summed E-state index contributed by atoms with van der Waals surface area (Å²) in [5.74, 6) is -0.332. The molecule has 0 spiro atoms. The number of esters is 2. The number of unbranched alkanes of at least 4 members (excludes halogenated alkanes) is 29. The molecule has 0 aromatic carbocycles. The number of nitrogens with zero attached hydrogens (tertiary/aromatic N) is 1. The van der Waals surface area contributed by atoms with Gasteiger partial charge in [-0.3, -0.25) is 9.59 Å². The van der Waals surface area contributed by atoms with Crippen molar-refractivity contribution in [1.29, 1.82) is 0 Å². The van der Waals surface area contributed by atoms with Crippen molar-refractivity contribution in [2.75, 3.05) is 65.9 Å². The molecule has 0 amide bonds. The predicted molar refractivity (Wildman–Crippen MR) is 284 cm³/mol. The van der Waals surface area contributed by atoms with E-state index in [2.05, 4.69) is 32.6 Å². The third-order valence-corrected chi connectivity index (χ3v) is 13.0. The second-order valence-corrected chi connectivity index (χ2v) is 19.7. The minimum Gasteiger partial charge on any atom is -0.466 e. The number of hydrogen-bond acceptors (Lipinski definition) is 10. The van der Waals surface area contributed by atoms with E-state index < -0.39 is 0 Å². The molecule has 0 aromatic rings. The fraction of sp³-hybridized carbons (Fsp3) is 0.966. The van der Waals surface area contributed by atoms with Gasteiger partial charge >= 0.3 is 11.9 Å². The van der Waals surface area contributed by atoms with E-state index in [-0.39, 0.29) is 31.1 Å². The van der Waals surface area contributed by atoms with Crippen molar-refractivity contribution in [2.45, 2.75) is 297 Å². The lowest BCUT2D eigenvalue weighted by Crippen LogP contribution is -2.27. The highest BCUT2D eigenvalue weighted by atomic mass is 16.7. The standard InChI is InChI=1S/C58H115NO9/c1-5-9-13-17-21-25-35-51-65-57(66-52-36-26-22-18-14-10-6-2)43-41-55(61)63-49-39-29-31-45-59(47-33-34-48-60)46-32-30-40-50-64-56(62)42-44-58(67-53-37-27-23-19-15-11-7-3)68-54-38-28-24-20-16-12-8-4/h57-58,60H,5-54H2,1-4H3. The molecule has 0 rings (SSSR count). The summed E-state index contributed by atoms with van der Waals surface area (Å²) in [7, 11) is 0. The Kier molecular flexibility index (Phi) is 55.5. The first-order valence-electron chi connectivity index (χ1n) is 29.6. The molecule has 0 unspecified atom stereocenters. The summed E-state index contributed by atoms with van der Waals surface area (Å²) in [4.78, 5) is 27.9. The van der Waals surface area contributed by atoms with Crippen LogP contribution in [0.4, 0.5) is 0 Å². The van der Waals surface area contributed by atoms with Crippen molar-refractivity contribution in [2.24, 2.45) is 0 Å². The van der Waals surface area contributed by atoms with Gasteiger partial charge in [0.25, 0.3) is 0 Å². The first-order chi connectivity index (χ1) is 33.5. The molecule has 10 heteroatoms. The van der Waals surface area contributed by atoms with Crippen LogP contribution in [0.3, 0.4) is 0 Å². The third-order valence-electron chi connectivity index (χ3n) is 13.0. The molecule has 0 heterocycles. The van der Waals surface area contributed by atoms with Gasteiger partial charge in [0.05, 0.1) is 26.1 Å². The Balaban J connectivity index is 4.47. The van der Waals surface area contributed by atoms with Crippen LogP contribution in [0.15, 0.2) is 0 Å². The molecule has 0 aliphatic carbocycles. The van der Waals surface area contributed by atoms with Gasteiger partial charge < -0.3 is 38.4 Å². The maximum atomic E-state index is 12.7. The normalized spacial score (nSPS) is 11.8. The van der Waals surface area contributed by atoms with Gasteiger partial charge in [0, 0.05) is 45.9 Å². The zero-order valence-electron chi connectivity index (χ0n) is 45.7. The van der Waals surface area contributed by atoms with Crippen LogP contribution in [0.5, 0.6) is 0 Å². The van der Waals surface area contributed by atoms with E-state index in [0.29, 0.717) is 65.3 Å². The summed E-state index contributed by atoms with van der Waals surface area (Å²) < 4.78 is 35.8. The van der Waals surface area contributed by atoms with Crippen molar-refractivity contribution in [1.82, 2.24) is 4.90 Å². The second-order valence-electron chi connectivity index (χ2n) is 19.7. The molecule has 0 radical (unpaired) electrons. The molecule has 0 atom stereocenters. The number of aliphatic hydroxyl groups is 1. The van der Waals surface area contributed by atoms with Crippen LogP contribution >= 0.6 is 0 Å². The average Bonchev–Trinajstić information content (AvgIpc) is 3.34. The molecule has 10 nitrogen and oxygen atoms in total. The van der Waals surface area contributed by atoms with E-state index in [0.717, 1.165) is 96.7 Å². The lowest BCUT2D eigenvalue weighted by atomic mass is 10.1. The number of carbonyl (C=O) groups is 2. The molecule has 0 bridgehead atoms. The van der Waals surface area contributed by atoms with Gasteiger partial charge in [0.2, 0.25) is 0 Å². The van der Waals surface area contributed by atoms with E-state index >= 15 is 0 Å². The van der Waals surface area contributed by atoms with Crippen molar-refractivity contribution in [3.05, 3.63) is 0 Å². The first-order valence-corrected chi connectivity index (χ1v) is 29.6. The Bertz CT molecular complexity index is 891. The van der Waals surface area contributed by atoms with E-state index in [4.69, 9.17) is 28.4 Å². The maximum absolute atomic E-state index is 12.7. The quantitative estimate of drug-likeness (QED) is 0.0359. The van der Waals surface area contributed by atoms with Crippen LogP contribution in [0.25, 0.3) is 0 Å². The molecule has 0 aromatic heterocycles. The molecule has 406 valence electrons. The fourth-order valence-electron chi connectivity index (χ4n) is 8.52. The van der Waals surface area contributed by atoms with E-state index in [1.54, 1.807) is 0 Å². The van der Waals surface area contributed by atoms with Crippen LogP contribution < -0.4 is 0 Å². The van der Waals surface area contributed by atoms with Gasteiger partial charge in [-0.1, -0.05) is 182 Å². The van der Waals surface area contributed by atoms with Gasteiger partial charge in [0.1, 0.15) is 0 Å². The summed E-state index contributed by atoms with van der Waals surface area (Å²) in [5, 5.41) is 9.38. The van der Waals surface area contributed by atoms with E-state index in [1.807, 2.05) is 0 Å². The van der Waals surface area contributed by atoms with Gasteiger partial charge in [-0.2, -0.15) is 0 Å². The smallest absolute Gasteiger partial charge is 0.305 e. The van der Waals surface area contributed by atoms with Crippen molar-refractivity contribution >= 4 is 11.9 Å². The molecule has 0 saturated heterocycles. The second kappa shape index (κ2) is 56.6. The summed E-state index contributed by atoms with van der Waals surface area (Å²) >= 11 is 0. The molecular weight excluding hydrogens is 855 g/mol. The number of hydrogen-bond donors (Lipinski definition) is 1. The minimum absolute atomic E-state index is 0.166. The van der Waals surface area contributed by atoms with Crippen LogP contribution in [-0.4, -0.2) is 100 Å². The third kappa shape index (κ3) is 51.1. The maximum Gasteiger partial charge on any atom is 0.305 e. The highest BCUT2D eigenvalue weighted by Crippen LogP contribution is 2.15. The Morgan fingerprint density at radius 3 is 0.882 bits per heavy atom. The Labute approximate surface area is 421 Å². The Morgan fingerprint density at radius 1 is 0.338 bits per heavy atom. The predicted octanol–water partition coefficient (Wildman–Crippen LogP) is 15.8. The number of carbonyl (C=O) groups excluding carboxylic acids is 2.